The first-order chi connectivity index (χ1) is 12.3. The van der Waals surface area contributed by atoms with Gasteiger partial charge in [0, 0.05) is 6.08 Å². The Morgan fingerprint density at radius 1 is 0.880 bits per heavy atom. The van der Waals surface area contributed by atoms with Gasteiger partial charge < -0.3 is 9.47 Å². The SMILES string of the molecule is C=Cc1ccc(OCCCCCOC(=O)/C=C/c2ccccc2)cc1. The molecule has 130 valence electrons. The second-order valence-electron chi connectivity index (χ2n) is 5.59. The fraction of sp³-hybridized carbons (Fsp3) is 0.227. The first kappa shape index (κ1) is 18.5. The van der Waals surface area contributed by atoms with Gasteiger partial charge in [0.1, 0.15) is 5.75 Å². The van der Waals surface area contributed by atoms with Crippen LogP contribution >= 0.6 is 0 Å². The summed E-state index contributed by atoms with van der Waals surface area (Å²) in [5.74, 6) is 0.561. The average molecular weight is 336 g/mol. The van der Waals surface area contributed by atoms with Gasteiger partial charge in [0.25, 0.3) is 0 Å². The molecule has 0 saturated carbocycles. The van der Waals surface area contributed by atoms with Crippen molar-refractivity contribution in [2.45, 2.75) is 19.3 Å². The van der Waals surface area contributed by atoms with Gasteiger partial charge in [-0.05, 0) is 48.6 Å². The van der Waals surface area contributed by atoms with Crippen molar-refractivity contribution in [1.82, 2.24) is 0 Å². The minimum atomic E-state index is -0.303. The standard InChI is InChI=1S/C22H24O3/c1-2-19-11-14-21(15-12-19)24-17-7-4-8-18-25-22(23)16-13-20-9-5-3-6-10-20/h2-3,5-6,9-16H,1,4,7-8,17-18H2/b16-13+. The van der Waals surface area contributed by atoms with E-state index >= 15 is 0 Å². The Morgan fingerprint density at radius 3 is 2.32 bits per heavy atom. The van der Waals surface area contributed by atoms with E-state index in [1.165, 1.54) is 6.08 Å². The smallest absolute Gasteiger partial charge is 0.330 e. The average Bonchev–Trinajstić information content (AvgIpc) is 2.67. The molecule has 0 fully saturated rings. The van der Waals surface area contributed by atoms with Crippen molar-refractivity contribution in [2.24, 2.45) is 0 Å². The molecule has 2 rings (SSSR count). The van der Waals surface area contributed by atoms with Crippen LogP contribution in [0, 0.1) is 0 Å². The molecule has 25 heavy (non-hydrogen) atoms. The van der Waals surface area contributed by atoms with Gasteiger partial charge in [-0.1, -0.05) is 55.1 Å². The van der Waals surface area contributed by atoms with Crippen LogP contribution in [0.2, 0.25) is 0 Å². The Labute approximate surface area is 149 Å². The number of unbranched alkanes of at least 4 members (excludes halogenated alkanes) is 2. The first-order valence-corrected chi connectivity index (χ1v) is 8.53. The van der Waals surface area contributed by atoms with Crippen LogP contribution in [0.3, 0.4) is 0 Å². The van der Waals surface area contributed by atoms with E-state index in [0.717, 1.165) is 36.1 Å². The quantitative estimate of drug-likeness (QED) is 0.342. The molecule has 0 aliphatic rings. The van der Waals surface area contributed by atoms with E-state index in [4.69, 9.17) is 9.47 Å². The van der Waals surface area contributed by atoms with Crippen molar-refractivity contribution in [2.75, 3.05) is 13.2 Å². The fourth-order valence-corrected chi connectivity index (χ4v) is 2.22. The van der Waals surface area contributed by atoms with E-state index in [1.54, 1.807) is 12.2 Å². The van der Waals surface area contributed by atoms with Crippen LogP contribution in [0.5, 0.6) is 5.75 Å². The van der Waals surface area contributed by atoms with Crippen LogP contribution in [0.4, 0.5) is 0 Å². The number of carbonyl (C=O) groups is 1. The molecule has 0 aliphatic heterocycles. The number of benzene rings is 2. The summed E-state index contributed by atoms with van der Waals surface area (Å²) >= 11 is 0. The first-order valence-electron chi connectivity index (χ1n) is 8.53. The molecule has 0 spiro atoms. The molecule has 0 saturated heterocycles. The Hall–Kier alpha value is -2.81. The number of carbonyl (C=O) groups excluding carboxylic acids is 1. The van der Waals surface area contributed by atoms with Gasteiger partial charge >= 0.3 is 5.97 Å². The maximum atomic E-state index is 11.6. The van der Waals surface area contributed by atoms with Gasteiger partial charge in [0.05, 0.1) is 13.2 Å². The second-order valence-corrected chi connectivity index (χ2v) is 5.59. The molecule has 0 atom stereocenters. The van der Waals surface area contributed by atoms with Gasteiger partial charge in [-0.25, -0.2) is 4.79 Å². The van der Waals surface area contributed by atoms with Gasteiger partial charge in [-0.15, -0.1) is 0 Å². The number of rotatable bonds is 10. The highest BCUT2D eigenvalue weighted by molar-refractivity contribution is 5.86. The van der Waals surface area contributed by atoms with Crippen molar-refractivity contribution in [3.63, 3.8) is 0 Å². The molecule has 0 aliphatic carbocycles. The van der Waals surface area contributed by atoms with Gasteiger partial charge in [-0.3, -0.25) is 0 Å². The van der Waals surface area contributed by atoms with Crippen LogP contribution in [-0.4, -0.2) is 19.2 Å². The number of hydrogen-bond acceptors (Lipinski definition) is 3. The van der Waals surface area contributed by atoms with E-state index in [1.807, 2.05) is 54.6 Å². The number of ether oxygens (including phenoxy) is 2. The summed E-state index contributed by atoms with van der Waals surface area (Å²) in [4.78, 5) is 11.6. The topological polar surface area (TPSA) is 35.5 Å². The third-order valence-electron chi connectivity index (χ3n) is 3.63. The van der Waals surface area contributed by atoms with Crippen molar-refractivity contribution in [3.05, 3.63) is 78.4 Å². The second kappa shape index (κ2) is 10.9. The van der Waals surface area contributed by atoms with Crippen LogP contribution in [0.15, 0.2) is 67.3 Å². The summed E-state index contributed by atoms with van der Waals surface area (Å²) in [6, 6.07) is 17.5. The van der Waals surface area contributed by atoms with Crippen molar-refractivity contribution >= 4 is 18.1 Å². The molecule has 3 nitrogen and oxygen atoms in total. The van der Waals surface area contributed by atoms with E-state index in [9.17, 15) is 4.79 Å². The van der Waals surface area contributed by atoms with Gasteiger partial charge in [-0.2, -0.15) is 0 Å². The van der Waals surface area contributed by atoms with Crippen LogP contribution < -0.4 is 4.74 Å². The molecule has 2 aromatic carbocycles. The lowest BCUT2D eigenvalue weighted by Gasteiger charge is -2.06. The maximum Gasteiger partial charge on any atom is 0.330 e. The highest BCUT2D eigenvalue weighted by atomic mass is 16.5. The molecular weight excluding hydrogens is 312 g/mol. The summed E-state index contributed by atoms with van der Waals surface area (Å²) in [5.41, 5.74) is 2.06. The normalized spacial score (nSPS) is 10.6. The highest BCUT2D eigenvalue weighted by Gasteiger charge is 1.98. The highest BCUT2D eigenvalue weighted by Crippen LogP contribution is 2.13. The summed E-state index contributed by atoms with van der Waals surface area (Å²) in [6.07, 6.45) is 7.75. The van der Waals surface area contributed by atoms with Gasteiger partial charge in [0.2, 0.25) is 0 Å². The molecule has 3 heteroatoms. The zero-order chi connectivity index (χ0) is 17.7. The summed E-state index contributed by atoms with van der Waals surface area (Å²) in [6.45, 7) is 4.82. The fourth-order valence-electron chi connectivity index (χ4n) is 2.22. The molecular formula is C22H24O3. The Kier molecular flexibility index (Phi) is 8.06. The Morgan fingerprint density at radius 2 is 1.60 bits per heavy atom. The maximum absolute atomic E-state index is 11.6. The van der Waals surface area contributed by atoms with Crippen molar-refractivity contribution < 1.29 is 14.3 Å². The molecule has 0 aromatic heterocycles. The van der Waals surface area contributed by atoms with Crippen molar-refractivity contribution in [3.8, 4) is 5.75 Å². The lowest BCUT2D eigenvalue weighted by atomic mass is 10.2. The lowest BCUT2D eigenvalue weighted by Crippen LogP contribution is -2.03. The van der Waals surface area contributed by atoms with E-state index in [2.05, 4.69) is 6.58 Å². The Balaban J connectivity index is 1.52. The van der Waals surface area contributed by atoms with E-state index < -0.39 is 0 Å². The minimum Gasteiger partial charge on any atom is -0.494 e. The Bertz CT molecular complexity index is 672. The molecule has 0 bridgehead atoms. The summed E-state index contributed by atoms with van der Waals surface area (Å²) in [7, 11) is 0. The summed E-state index contributed by atoms with van der Waals surface area (Å²) in [5, 5.41) is 0. The molecule has 0 amide bonds. The molecule has 0 unspecified atom stereocenters. The van der Waals surface area contributed by atoms with Crippen LogP contribution in [0.25, 0.3) is 12.2 Å². The third-order valence-corrected chi connectivity index (χ3v) is 3.63. The monoisotopic (exact) mass is 336 g/mol. The molecule has 0 heterocycles. The largest absolute Gasteiger partial charge is 0.494 e. The van der Waals surface area contributed by atoms with Gasteiger partial charge in [0.15, 0.2) is 0 Å². The minimum absolute atomic E-state index is 0.303. The predicted molar refractivity (Wildman–Crippen MR) is 102 cm³/mol. The number of hydrogen-bond donors (Lipinski definition) is 0. The lowest BCUT2D eigenvalue weighted by molar-refractivity contribution is -0.137. The predicted octanol–water partition coefficient (Wildman–Crippen LogP) is 5.14. The molecule has 0 N–H and O–H groups in total. The number of esters is 1. The third kappa shape index (κ3) is 7.53. The van der Waals surface area contributed by atoms with E-state index in [-0.39, 0.29) is 5.97 Å². The zero-order valence-electron chi connectivity index (χ0n) is 14.4. The van der Waals surface area contributed by atoms with Crippen LogP contribution in [-0.2, 0) is 9.53 Å². The molecule has 2 aromatic rings. The van der Waals surface area contributed by atoms with Crippen molar-refractivity contribution in [1.29, 1.82) is 0 Å². The molecule has 0 radical (unpaired) electrons. The van der Waals surface area contributed by atoms with Crippen LogP contribution in [0.1, 0.15) is 30.4 Å². The zero-order valence-corrected chi connectivity index (χ0v) is 14.4. The van der Waals surface area contributed by atoms with E-state index in [0.29, 0.717) is 13.2 Å². The summed E-state index contributed by atoms with van der Waals surface area (Å²) < 4.78 is 10.8.